The summed E-state index contributed by atoms with van der Waals surface area (Å²) in [4.78, 5) is 19.9. The number of benzene rings is 1. The normalized spacial score (nSPS) is 10.4. The van der Waals surface area contributed by atoms with Crippen LogP contribution in [-0.2, 0) is 4.74 Å². The number of aromatic nitrogens is 2. The molecule has 6 nitrogen and oxygen atoms in total. The predicted octanol–water partition coefficient (Wildman–Crippen LogP) is 1.24. The zero-order chi connectivity index (χ0) is 15.2. The Kier molecular flexibility index (Phi) is 4.78. The molecular formula is C14H15FN4O2. The number of rotatable bonds is 5. The maximum absolute atomic E-state index is 13.2. The van der Waals surface area contributed by atoms with Gasteiger partial charge in [0.1, 0.15) is 11.6 Å². The Balaban J connectivity index is 2.19. The van der Waals surface area contributed by atoms with Crippen LogP contribution in [0.5, 0.6) is 0 Å². The number of nitrogens with zero attached hydrogens (tertiary/aromatic N) is 2. The van der Waals surface area contributed by atoms with E-state index in [0.717, 1.165) is 0 Å². The first-order valence-electron chi connectivity index (χ1n) is 6.27. The molecule has 21 heavy (non-hydrogen) atoms. The molecule has 3 N–H and O–H groups in total. The third-order valence-corrected chi connectivity index (χ3v) is 2.74. The Morgan fingerprint density at radius 1 is 1.48 bits per heavy atom. The van der Waals surface area contributed by atoms with E-state index < -0.39 is 5.82 Å². The van der Waals surface area contributed by atoms with Gasteiger partial charge >= 0.3 is 0 Å². The molecule has 0 aliphatic heterocycles. The van der Waals surface area contributed by atoms with E-state index in [1.54, 1.807) is 12.1 Å². The van der Waals surface area contributed by atoms with E-state index in [2.05, 4.69) is 15.3 Å². The van der Waals surface area contributed by atoms with Crippen LogP contribution in [0.1, 0.15) is 10.4 Å². The van der Waals surface area contributed by atoms with Crippen molar-refractivity contribution < 1.29 is 13.9 Å². The summed E-state index contributed by atoms with van der Waals surface area (Å²) in [6, 6.07) is 5.84. The predicted molar refractivity (Wildman–Crippen MR) is 76.0 cm³/mol. The second kappa shape index (κ2) is 6.76. The molecule has 0 atom stereocenters. The highest BCUT2D eigenvalue weighted by Crippen LogP contribution is 2.18. The average Bonchev–Trinajstić information content (AvgIpc) is 2.47. The van der Waals surface area contributed by atoms with E-state index in [-0.39, 0.29) is 23.1 Å². The Morgan fingerprint density at radius 2 is 2.29 bits per heavy atom. The maximum atomic E-state index is 13.2. The van der Waals surface area contributed by atoms with Gasteiger partial charge in [0.15, 0.2) is 5.82 Å². The monoisotopic (exact) mass is 290 g/mol. The summed E-state index contributed by atoms with van der Waals surface area (Å²) < 4.78 is 18.0. The van der Waals surface area contributed by atoms with E-state index in [4.69, 9.17) is 10.5 Å². The van der Waals surface area contributed by atoms with Crippen LogP contribution in [0.3, 0.4) is 0 Å². The molecule has 0 radical (unpaired) electrons. The van der Waals surface area contributed by atoms with Crippen molar-refractivity contribution in [2.75, 3.05) is 26.0 Å². The number of ether oxygens (including phenoxy) is 1. The number of amides is 1. The number of methoxy groups -OCH3 is 1. The van der Waals surface area contributed by atoms with Crippen LogP contribution in [0.25, 0.3) is 11.4 Å². The molecule has 0 unspecified atom stereocenters. The average molecular weight is 290 g/mol. The maximum Gasteiger partial charge on any atom is 0.256 e. The summed E-state index contributed by atoms with van der Waals surface area (Å²) in [6.45, 7) is 0.758. The largest absolute Gasteiger partial charge is 0.383 e. The molecule has 1 heterocycles. The lowest BCUT2D eigenvalue weighted by Crippen LogP contribution is -2.28. The molecule has 1 amide bonds. The van der Waals surface area contributed by atoms with Crippen LogP contribution in [0, 0.1) is 5.82 Å². The van der Waals surface area contributed by atoms with Gasteiger partial charge in [0, 0.05) is 25.4 Å². The summed E-state index contributed by atoms with van der Waals surface area (Å²) in [5.41, 5.74) is 6.43. The summed E-state index contributed by atoms with van der Waals surface area (Å²) in [5.74, 6) is -0.467. The molecule has 2 rings (SSSR count). The molecule has 0 saturated carbocycles. The van der Waals surface area contributed by atoms with Gasteiger partial charge < -0.3 is 15.8 Å². The SMILES string of the molecule is COCCNC(=O)c1cnc(-c2cccc(F)c2)nc1N. The minimum Gasteiger partial charge on any atom is -0.383 e. The van der Waals surface area contributed by atoms with Gasteiger partial charge in [-0.15, -0.1) is 0 Å². The first kappa shape index (κ1) is 14.9. The lowest BCUT2D eigenvalue weighted by Gasteiger charge is -2.07. The second-order valence-electron chi connectivity index (χ2n) is 4.25. The molecule has 1 aromatic carbocycles. The Morgan fingerprint density at radius 3 is 2.95 bits per heavy atom. The number of hydrogen-bond donors (Lipinski definition) is 2. The Labute approximate surface area is 121 Å². The molecule has 7 heteroatoms. The molecule has 1 aromatic heterocycles. The number of halogens is 1. The number of nitrogen functional groups attached to an aromatic ring is 1. The van der Waals surface area contributed by atoms with Crippen molar-refractivity contribution in [1.82, 2.24) is 15.3 Å². The van der Waals surface area contributed by atoms with Gasteiger partial charge in [-0.1, -0.05) is 12.1 Å². The third-order valence-electron chi connectivity index (χ3n) is 2.74. The minimum absolute atomic E-state index is 0.0409. The molecule has 0 aliphatic rings. The topological polar surface area (TPSA) is 90.1 Å². The smallest absolute Gasteiger partial charge is 0.256 e. The van der Waals surface area contributed by atoms with E-state index in [0.29, 0.717) is 18.7 Å². The van der Waals surface area contributed by atoms with Crippen LogP contribution in [0.2, 0.25) is 0 Å². The fourth-order valence-corrected chi connectivity index (χ4v) is 1.70. The van der Waals surface area contributed by atoms with Crippen LogP contribution >= 0.6 is 0 Å². The molecule has 0 aliphatic carbocycles. The van der Waals surface area contributed by atoms with Crippen molar-refractivity contribution in [1.29, 1.82) is 0 Å². The van der Waals surface area contributed by atoms with Gasteiger partial charge in [-0.05, 0) is 12.1 Å². The fourth-order valence-electron chi connectivity index (χ4n) is 1.70. The Hall–Kier alpha value is -2.54. The van der Waals surface area contributed by atoms with Crippen molar-refractivity contribution in [2.45, 2.75) is 0 Å². The summed E-state index contributed by atoms with van der Waals surface area (Å²) >= 11 is 0. The van der Waals surface area contributed by atoms with Gasteiger partial charge in [-0.25, -0.2) is 14.4 Å². The number of hydrogen-bond acceptors (Lipinski definition) is 5. The van der Waals surface area contributed by atoms with Crippen molar-refractivity contribution in [3.63, 3.8) is 0 Å². The molecule has 0 fully saturated rings. The van der Waals surface area contributed by atoms with Crippen molar-refractivity contribution >= 4 is 11.7 Å². The number of carbonyl (C=O) groups excluding carboxylic acids is 1. The lowest BCUT2D eigenvalue weighted by molar-refractivity contribution is 0.0937. The van der Waals surface area contributed by atoms with E-state index in [9.17, 15) is 9.18 Å². The molecule has 0 saturated heterocycles. The molecule has 110 valence electrons. The number of carbonyl (C=O) groups is 1. The zero-order valence-electron chi connectivity index (χ0n) is 11.5. The lowest BCUT2D eigenvalue weighted by atomic mass is 10.2. The van der Waals surface area contributed by atoms with Crippen LogP contribution < -0.4 is 11.1 Å². The van der Waals surface area contributed by atoms with Gasteiger partial charge in [0.05, 0.1) is 12.2 Å². The van der Waals surface area contributed by atoms with Gasteiger partial charge in [-0.2, -0.15) is 0 Å². The van der Waals surface area contributed by atoms with Gasteiger partial charge in [0.2, 0.25) is 0 Å². The molecule has 2 aromatic rings. The van der Waals surface area contributed by atoms with Crippen LogP contribution in [0.4, 0.5) is 10.2 Å². The summed E-state index contributed by atoms with van der Waals surface area (Å²) in [7, 11) is 1.54. The highest BCUT2D eigenvalue weighted by atomic mass is 19.1. The van der Waals surface area contributed by atoms with Crippen LogP contribution in [0.15, 0.2) is 30.5 Å². The van der Waals surface area contributed by atoms with Crippen molar-refractivity contribution in [3.8, 4) is 11.4 Å². The highest BCUT2D eigenvalue weighted by molar-refractivity contribution is 5.98. The Bertz CT molecular complexity index is 649. The minimum atomic E-state index is -0.393. The van der Waals surface area contributed by atoms with Crippen molar-refractivity contribution in [2.24, 2.45) is 0 Å². The zero-order valence-corrected chi connectivity index (χ0v) is 11.5. The van der Waals surface area contributed by atoms with Crippen molar-refractivity contribution in [3.05, 3.63) is 41.8 Å². The van der Waals surface area contributed by atoms with Gasteiger partial charge in [-0.3, -0.25) is 4.79 Å². The van der Waals surface area contributed by atoms with Crippen LogP contribution in [-0.4, -0.2) is 36.1 Å². The molecule has 0 bridgehead atoms. The number of anilines is 1. The summed E-state index contributed by atoms with van der Waals surface area (Å²) in [6.07, 6.45) is 1.32. The van der Waals surface area contributed by atoms with E-state index >= 15 is 0 Å². The van der Waals surface area contributed by atoms with Gasteiger partial charge in [0.25, 0.3) is 5.91 Å². The highest BCUT2D eigenvalue weighted by Gasteiger charge is 2.13. The quantitative estimate of drug-likeness (QED) is 0.809. The van der Waals surface area contributed by atoms with E-state index in [1.165, 1.54) is 25.4 Å². The molecular weight excluding hydrogens is 275 g/mol. The number of nitrogens with two attached hydrogens (primary N) is 1. The third kappa shape index (κ3) is 3.73. The second-order valence-corrected chi connectivity index (χ2v) is 4.25. The standard InChI is InChI=1S/C14H15FN4O2/c1-21-6-5-17-14(20)11-8-18-13(19-12(11)16)9-3-2-4-10(15)7-9/h2-4,7-8H,5-6H2,1H3,(H,17,20)(H2,16,18,19). The summed E-state index contributed by atoms with van der Waals surface area (Å²) in [5, 5.41) is 2.63. The first-order valence-corrected chi connectivity index (χ1v) is 6.27. The first-order chi connectivity index (χ1) is 10.1. The number of nitrogens with one attached hydrogen (secondary N) is 1. The molecule has 0 spiro atoms. The fraction of sp³-hybridized carbons (Fsp3) is 0.214. The van der Waals surface area contributed by atoms with E-state index in [1.807, 2.05) is 0 Å².